The van der Waals surface area contributed by atoms with Crippen molar-refractivity contribution in [3.05, 3.63) is 48.5 Å². The number of furan rings is 1. The first-order valence-electron chi connectivity index (χ1n) is 8.20. The highest BCUT2D eigenvalue weighted by Crippen LogP contribution is 2.35. The molecule has 0 N–H and O–H groups in total. The number of hydrogen-bond acceptors (Lipinski definition) is 7. The Morgan fingerprint density at radius 3 is 2.63 bits per heavy atom. The number of benzene rings is 2. The van der Waals surface area contributed by atoms with Crippen molar-refractivity contribution in [1.29, 1.82) is 0 Å². The number of rotatable bonds is 4. The fourth-order valence-electron chi connectivity index (χ4n) is 2.95. The van der Waals surface area contributed by atoms with Crippen molar-refractivity contribution in [3.8, 4) is 33.7 Å². The van der Waals surface area contributed by atoms with Gasteiger partial charge in [-0.05, 0) is 30.3 Å². The molecule has 0 unspecified atom stereocenters. The third-order valence-corrected chi connectivity index (χ3v) is 5.22. The molecule has 7 nitrogen and oxygen atoms in total. The Hall–Kier alpha value is -3.39. The third-order valence-electron chi connectivity index (χ3n) is 4.27. The summed E-state index contributed by atoms with van der Waals surface area (Å²) in [6.07, 6.45) is 0. The quantitative estimate of drug-likeness (QED) is 0.465. The van der Waals surface area contributed by atoms with Crippen LogP contribution in [0.25, 0.3) is 38.1 Å². The average Bonchev–Trinajstić information content (AvgIpc) is 3.40. The standard InChI is InChI=1S/C19H14N4O3S/c1-24-14-8-7-12(10-15(14)25-2)18-22-23-17(20-21-19(23)27-18)16-9-11-5-3-4-6-13(11)26-16/h3-10H,1-2H3. The second kappa shape index (κ2) is 6.10. The van der Waals surface area contributed by atoms with E-state index in [0.29, 0.717) is 28.0 Å². The SMILES string of the molecule is COc1ccc(-c2nn3c(-c4cc5ccccc5o4)nnc3s2)cc1OC. The molecule has 5 aromatic rings. The van der Waals surface area contributed by atoms with E-state index in [1.54, 1.807) is 18.7 Å². The Morgan fingerprint density at radius 1 is 0.963 bits per heavy atom. The van der Waals surface area contributed by atoms with Gasteiger partial charge in [-0.15, -0.1) is 10.2 Å². The molecule has 0 aliphatic rings. The Balaban J connectivity index is 1.61. The molecule has 0 atom stereocenters. The molecule has 0 aliphatic heterocycles. The van der Waals surface area contributed by atoms with Gasteiger partial charge in [-0.1, -0.05) is 29.5 Å². The van der Waals surface area contributed by atoms with Gasteiger partial charge in [-0.3, -0.25) is 0 Å². The topological polar surface area (TPSA) is 74.7 Å². The Morgan fingerprint density at radius 2 is 1.81 bits per heavy atom. The number of hydrogen-bond donors (Lipinski definition) is 0. The van der Waals surface area contributed by atoms with Crippen LogP contribution in [0, 0.1) is 0 Å². The largest absolute Gasteiger partial charge is 0.493 e. The van der Waals surface area contributed by atoms with Crippen LogP contribution >= 0.6 is 11.3 Å². The Labute approximate surface area is 157 Å². The van der Waals surface area contributed by atoms with Crippen LogP contribution in [0.4, 0.5) is 0 Å². The maximum absolute atomic E-state index is 5.91. The molecule has 0 aliphatic carbocycles. The fourth-order valence-corrected chi connectivity index (χ4v) is 3.78. The van der Waals surface area contributed by atoms with Crippen LogP contribution in [0.15, 0.2) is 52.9 Å². The van der Waals surface area contributed by atoms with Gasteiger partial charge in [0, 0.05) is 10.9 Å². The summed E-state index contributed by atoms with van der Waals surface area (Å²) in [4.78, 5) is 0.690. The normalized spacial score (nSPS) is 11.3. The van der Waals surface area contributed by atoms with Crippen LogP contribution in [0.2, 0.25) is 0 Å². The number of methoxy groups -OCH3 is 2. The molecule has 0 spiro atoms. The van der Waals surface area contributed by atoms with Crippen molar-refractivity contribution >= 4 is 27.3 Å². The van der Waals surface area contributed by atoms with Gasteiger partial charge in [0.25, 0.3) is 0 Å². The molecule has 0 amide bonds. The molecule has 0 radical (unpaired) electrons. The van der Waals surface area contributed by atoms with Crippen LogP contribution < -0.4 is 9.47 Å². The fraction of sp³-hybridized carbons (Fsp3) is 0.105. The van der Waals surface area contributed by atoms with Gasteiger partial charge in [-0.25, -0.2) is 0 Å². The summed E-state index contributed by atoms with van der Waals surface area (Å²) in [5.74, 6) is 2.53. The second-order valence-corrected chi connectivity index (χ2v) is 6.80. The zero-order valence-corrected chi connectivity index (χ0v) is 15.4. The van der Waals surface area contributed by atoms with E-state index in [9.17, 15) is 0 Å². The van der Waals surface area contributed by atoms with E-state index in [1.807, 2.05) is 48.5 Å². The molecule has 27 heavy (non-hydrogen) atoms. The molecular formula is C19H14N4O3S. The maximum atomic E-state index is 5.91. The van der Waals surface area contributed by atoms with E-state index in [2.05, 4.69) is 15.3 Å². The van der Waals surface area contributed by atoms with Gasteiger partial charge in [0.05, 0.1) is 14.2 Å². The minimum atomic E-state index is 0.573. The summed E-state index contributed by atoms with van der Waals surface area (Å²) in [6.45, 7) is 0. The number of para-hydroxylation sites is 1. The monoisotopic (exact) mass is 378 g/mol. The molecule has 2 aromatic carbocycles. The zero-order chi connectivity index (χ0) is 18.4. The van der Waals surface area contributed by atoms with Crippen LogP contribution in [0.5, 0.6) is 11.5 Å². The van der Waals surface area contributed by atoms with Crippen LogP contribution in [-0.2, 0) is 0 Å². The highest BCUT2D eigenvalue weighted by atomic mass is 32.1. The number of nitrogens with zero attached hydrogens (tertiary/aromatic N) is 4. The van der Waals surface area contributed by atoms with Gasteiger partial charge >= 0.3 is 0 Å². The maximum Gasteiger partial charge on any atom is 0.235 e. The van der Waals surface area contributed by atoms with E-state index < -0.39 is 0 Å². The minimum absolute atomic E-state index is 0.573. The van der Waals surface area contributed by atoms with Crippen molar-refractivity contribution in [2.24, 2.45) is 0 Å². The number of aromatic nitrogens is 4. The average molecular weight is 378 g/mol. The number of fused-ring (bicyclic) bond motifs is 2. The highest BCUT2D eigenvalue weighted by molar-refractivity contribution is 7.19. The first kappa shape index (κ1) is 15.8. The van der Waals surface area contributed by atoms with Gasteiger partial charge in [0.2, 0.25) is 10.8 Å². The first-order chi connectivity index (χ1) is 13.3. The van der Waals surface area contributed by atoms with Crippen molar-refractivity contribution in [3.63, 3.8) is 0 Å². The zero-order valence-electron chi connectivity index (χ0n) is 14.5. The molecule has 0 saturated heterocycles. The van der Waals surface area contributed by atoms with E-state index in [-0.39, 0.29) is 0 Å². The Bertz CT molecular complexity index is 1240. The smallest absolute Gasteiger partial charge is 0.235 e. The molecule has 0 bridgehead atoms. The molecule has 5 rings (SSSR count). The van der Waals surface area contributed by atoms with E-state index in [4.69, 9.17) is 13.9 Å². The van der Waals surface area contributed by atoms with Gasteiger partial charge in [0.1, 0.15) is 10.6 Å². The predicted octanol–water partition coefficient (Wildman–Crippen LogP) is 4.28. The van der Waals surface area contributed by atoms with Crippen LogP contribution in [-0.4, -0.2) is 34.0 Å². The summed E-state index contributed by atoms with van der Waals surface area (Å²) in [6, 6.07) is 15.5. The lowest BCUT2D eigenvalue weighted by molar-refractivity contribution is 0.355. The van der Waals surface area contributed by atoms with Crippen molar-refractivity contribution in [2.75, 3.05) is 14.2 Å². The van der Waals surface area contributed by atoms with Crippen LogP contribution in [0.3, 0.4) is 0 Å². The van der Waals surface area contributed by atoms with Gasteiger partial charge < -0.3 is 13.9 Å². The lowest BCUT2D eigenvalue weighted by Crippen LogP contribution is -1.92. The first-order valence-corrected chi connectivity index (χ1v) is 9.02. The summed E-state index contributed by atoms with van der Waals surface area (Å²) in [5, 5.41) is 15.0. The molecule has 0 fully saturated rings. The third kappa shape index (κ3) is 2.53. The lowest BCUT2D eigenvalue weighted by atomic mass is 10.2. The van der Waals surface area contributed by atoms with Crippen molar-refractivity contribution < 1.29 is 13.9 Å². The van der Waals surface area contributed by atoms with Gasteiger partial charge in [-0.2, -0.15) is 9.61 Å². The second-order valence-electron chi connectivity index (χ2n) is 5.84. The predicted molar refractivity (Wildman–Crippen MR) is 102 cm³/mol. The Kier molecular flexibility index (Phi) is 3.58. The number of ether oxygens (including phenoxy) is 2. The molecule has 3 aromatic heterocycles. The van der Waals surface area contributed by atoms with Crippen LogP contribution in [0.1, 0.15) is 0 Å². The summed E-state index contributed by atoms with van der Waals surface area (Å²) in [5.41, 5.74) is 1.72. The van der Waals surface area contributed by atoms with E-state index >= 15 is 0 Å². The molecule has 0 saturated carbocycles. The van der Waals surface area contributed by atoms with Crippen molar-refractivity contribution in [2.45, 2.75) is 0 Å². The minimum Gasteiger partial charge on any atom is -0.493 e. The molecule has 8 heteroatoms. The molecule has 134 valence electrons. The van der Waals surface area contributed by atoms with E-state index in [0.717, 1.165) is 21.5 Å². The lowest BCUT2D eigenvalue weighted by Gasteiger charge is -2.07. The molecule has 3 heterocycles. The summed E-state index contributed by atoms with van der Waals surface area (Å²) < 4.78 is 18.3. The molecular weight excluding hydrogens is 364 g/mol. The summed E-state index contributed by atoms with van der Waals surface area (Å²) >= 11 is 1.45. The summed E-state index contributed by atoms with van der Waals surface area (Å²) in [7, 11) is 3.22. The van der Waals surface area contributed by atoms with E-state index in [1.165, 1.54) is 11.3 Å². The van der Waals surface area contributed by atoms with Crippen molar-refractivity contribution in [1.82, 2.24) is 19.8 Å². The van der Waals surface area contributed by atoms with Gasteiger partial charge in [0.15, 0.2) is 17.3 Å². The highest BCUT2D eigenvalue weighted by Gasteiger charge is 2.18.